The lowest BCUT2D eigenvalue weighted by atomic mass is 10.1. The van der Waals surface area contributed by atoms with Crippen molar-refractivity contribution < 1.29 is 14.6 Å². The van der Waals surface area contributed by atoms with Gasteiger partial charge in [-0.3, -0.25) is 4.79 Å². The summed E-state index contributed by atoms with van der Waals surface area (Å²) in [4.78, 5) is 10.5. The van der Waals surface area contributed by atoms with Gasteiger partial charge in [-0.15, -0.1) is 0 Å². The molecule has 0 unspecified atom stereocenters. The van der Waals surface area contributed by atoms with Crippen LogP contribution in [0.15, 0.2) is 24.3 Å². The second-order valence-corrected chi connectivity index (χ2v) is 5.27. The fourth-order valence-corrected chi connectivity index (χ4v) is 2.54. The van der Waals surface area contributed by atoms with E-state index in [4.69, 9.17) is 9.84 Å². The number of carboxylic acid groups (broad SMARTS) is 1. The van der Waals surface area contributed by atoms with E-state index in [-0.39, 0.29) is 6.42 Å². The molecule has 104 valence electrons. The van der Waals surface area contributed by atoms with Crippen molar-refractivity contribution in [2.75, 3.05) is 0 Å². The van der Waals surface area contributed by atoms with Crippen LogP contribution in [0.25, 0.3) is 0 Å². The van der Waals surface area contributed by atoms with E-state index in [1.165, 1.54) is 25.7 Å². The number of carboxylic acids is 1. The van der Waals surface area contributed by atoms with Crippen LogP contribution in [-0.2, 0) is 11.2 Å². The maximum absolute atomic E-state index is 10.5. The number of aryl methyl sites for hydroxylation is 1. The normalized spacial score (nSPS) is 16.8. The van der Waals surface area contributed by atoms with Crippen LogP contribution in [0.5, 0.6) is 5.75 Å². The second-order valence-electron chi connectivity index (χ2n) is 5.27. The van der Waals surface area contributed by atoms with Crippen LogP contribution in [0.2, 0.25) is 0 Å². The summed E-state index contributed by atoms with van der Waals surface area (Å²) in [6, 6.07) is 7.86. The summed E-state index contributed by atoms with van der Waals surface area (Å²) < 4.78 is 6.00. The number of benzene rings is 1. The standard InChI is InChI=1S/C16H22O3/c17-16(18)12-9-13-7-10-15(11-8-13)19-14-5-3-1-2-4-6-14/h7-8,10-11,14H,1-6,9,12H2,(H,17,18). The molecule has 0 aromatic heterocycles. The van der Waals surface area contributed by atoms with E-state index in [2.05, 4.69) is 0 Å². The third kappa shape index (κ3) is 4.93. The van der Waals surface area contributed by atoms with Gasteiger partial charge in [0.1, 0.15) is 5.75 Å². The molecule has 0 radical (unpaired) electrons. The molecule has 1 N–H and O–H groups in total. The minimum Gasteiger partial charge on any atom is -0.490 e. The van der Waals surface area contributed by atoms with E-state index >= 15 is 0 Å². The maximum Gasteiger partial charge on any atom is 0.303 e. The van der Waals surface area contributed by atoms with Gasteiger partial charge in [-0.05, 0) is 49.8 Å². The molecule has 3 heteroatoms. The summed E-state index contributed by atoms with van der Waals surface area (Å²) in [5.41, 5.74) is 1.05. The maximum atomic E-state index is 10.5. The zero-order valence-corrected chi connectivity index (χ0v) is 11.3. The number of hydrogen-bond acceptors (Lipinski definition) is 2. The molecule has 0 saturated heterocycles. The Morgan fingerprint density at radius 2 is 1.74 bits per heavy atom. The highest BCUT2D eigenvalue weighted by molar-refractivity contribution is 5.67. The van der Waals surface area contributed by atoms with Gasteiger partial charge in [0.05, 0.1) is 6.10 Å². The fourth-order valence-electron chi connectivity index (χ4n) is 2.54. The van der Waals surface area contributed by atoms with Gasteiger partial charge in [0.25, 0.3) is 0 Å². The van der Waals surface area contributed by atoms with Gasteiger partial charge in [-0.25, -0.2) is 0 Å². The third-order valence-electron chi connectivity index (χ3n) is 3.66. The predicted octanol–water partition coefficient (Wildman–Crippen LogP) is 3.81. The van der Waals surface area contributed by atoms with Crippen molar-refractivity contribution in [3.05, 3.63) is 29.8 Å². The summed E-state index contributed by atoms with van der Waals surface area (Å²) in [5.74, 6) is 0.157. The average Bonchev–Trinajstić information content (AvgIpc) is 2.66. The molecule has 0 atom stereocenters. The van der Waals surface area contributed by atoms with Crippen LogP contribution in [0.4, 0.5) is 0 Å². The molecule has 3 nitrogen and oxygen atoms in total. The summed E-state index contributed by atoms with van der Waals surface area (Å²) in [6.45, 7) is 0. The Kier molecular flexibility index (Phi) is 5.25. The van der Waals surface area contributed by atoms with Gasteiger partial charge in [0.15, 0.2) is 0 Å². The van der Waals surface area contributed by atoms with E-state index < -0.39 is 5.97 Å². The quantitative estimate of drug-likeness (QED) is 0.821. The molecule has 0 spiro atoms. The Morgan fingerprint density at radius 3 is 2.32 bits per heavy atom. The van der Waals surface area contributed by atoms with Crippen LogP contribution in [0.1, 0.15) is 50.5 Å². The lowest BCUT2D eigenvalue weighted by Gasteiger charge is -2.17. The Morgan fingerprint density at radius 1 is 1.11 bits per heavy atom. The van der Waals surface area contributed by atoms with E-state index in [0.717, 1.165) is 24.2 Å². The monoisotopic (exact) mass is 262 g/mol. The van der Waals surface area contributed by atoms with E-state index in [9.17, 15) is 4.79 Å². The SMILES string of the molecule is O=C(O)CCc1ccc(OC2CCCCCC2)cc1. The summed E-state index contributed by atoms with van der Waals surface area (Å²) in [7, 11) is 0. The Bertz CT molecular complexity index is 389. The first-order valence-corrected chi connectivity index (χ1v) is 7.21. The van der Waals surface area contributed by atoms with Crippen LogP contribution in [0, 0.1) is 0 Å². The zero-order valence-electron chi connectivity index (χ0n) is 11.3. The van der Waals surface area contributed by atoms with Crippen molar-refractivity contribution in [3.8, 4) is 5.75 Å². The number of aliphatic carboxylic acids is 1. The highest BCUT2D eigenvalue weighted by atomic mass is 16.5. The minimum atomic E-state index is -0.751. The molecule has 2 rings (SSSR count). The van der Waals surface area contributed by atoms with Gasteiger partial charge in [-0.1, -0.05) is 25.0 Å². The molecule has 0 amide bonds. The number of carbonyl (C=O) groups is 1. The van der Waals surface area contributed by atoms with Gasteiger partial charge in [0.2, 0.25) is 0 Å². The number of ether oxygens (including phenoxy) is 1. The molecule has 1 aromatic carbocycles. The van der Waals surface area contributed by atoms with Crippen molar-refractivity contribution in [3.63, 3.8) is 0 Å². The zero-order chi connectivity index (χ0) is 13.5. The molecule has 1 aliphatic rings. The van der Waals surface area contributed by atoms with Crippen molar-refractivity contribution in [1.29, 1.82) is 0 Å². The summed E-state index contributed by atoms with van der Waals surface area (Å²) in [5, 5.41) is 8.65. The van der Waals surface area contributed by atoms with Crippen LogP contribution >= 0.6 is 0 Å². The minimum absolute atomic E-state index is 0.183. The van der Waals surface area contributed by atoms with Crippen LogP contribution in [-0.4, -0.2) is 17.2 Å². The Labute approximate surface area is 114 Å². The summed E-state index contributed by atoms with van der Waals surface area (Å²) in [6.07, 6.45) is 8.61. The van der Waals surface area contributed by atoms with E-state index in [1.54, 1.807) is 0 Å². The first-order chi connectivity index (χ1) is 9.24. The highest BCUT2D eigenvalue weighted by Gasteiger charge is 2.13. The van der Waals surface area contributed by atoms with Crippen molar-refractivity contribution in [2.24, 2.45) is 0 Å². The van der Waals surface area contributed by atoms with Crippen LogP contribution in [0.3, 0.4) is 0 Å². The van der Waals surface area contributed by atoms with Gasteiger partial charge in [-0.2, -0.15) is 0 Å². The topological polar surface area (TPSA) is 46.5 Å². The van der Waals surface area contributed by atoms with Crippen molar-refractivity contribution in [2.45, 2.75) is 57.5 Å². The molecule has 0 heterocycles. The molecule has 1 aromatic rings. The molecule has 1 fully saturated rings. The largest absolute Gasteiger partial charge is 0.490 e. The first kappa shape index (κ1) is 13.9. The average molecular weight is 262 g/mol. The molecule has 19 heavy (non-hydrogen) atoms. The smallest absolute Gasteiger partial charge is 0.303 e. The van der Waals surface area contributed by atoms with Crippen molar-refractivity contribution in [1.82, 2.24) is 0 Å². The third-order valence-corrected chi connectivity index (χ3v) is 3.66. The Balaban J connectivity index is 1.85. The molecular formula is C16H22O3. The predicted molar refractivity (Wildman–Crippen MR) is 74.5 cm³/mol. The fraction of sp³-hybridized carbons (Fsp3) is 0.562. The highest BCUT2D eigenvalue weighted by Crippen LogP contribution is 2.23. The first-order valence-electron chi connectivity index (χ1n) is 7.21. The van der Waals surface area contributed by atoms with Crippen molar-refractivity contribution >= 4 is 5.97 Å². The molecule has 1 saturated carbocycles. The number of hydrogen-bond donors (Lipinski definition) is 1. The van der Waals surface area contributed by atoms with Crippen LogP contribution < -0.4 is 4.74 Å². The molecular weight excluding hydrogens is 240 g/mol. The lowest BCUT2D eigenvalue weighted by molar-refractivity contribution is -0.136. The van der Waals surface area contributed by atoms with Gasteiger partial charge < -0.3 is 9.84 Å². The molecule has 1 aliphatic carbocycles. The lowest BCUT2D eigenvalue weighted by Crippen LogP contribution is -2.14. The van der Waals surface area contributed by atoms with E-state index in [0.29, 0.717) is 12.5 Å². The van der Waals surface area contributed by atoms with Gasteiger partial charge in [0, 0.05) is 6.42 Å². The summed E-state index contributed by atoms with van der Waals surface area (Å²) >= 11 is 0. The molecule has 0 aliphatic heterocycles. The van der Waals surface area contributed by atoms with Gasteiger partial charge >= 0.3 is 5.97 Å². The second kappa shape index (κ2) is 7.17. The van der Waals surface area contributed by atoms with E-state index in [1.807, 2.05) is 24.3 Å². The number of rotatable bonds is 5. The Hall–Kier alpha value is -1.51. The molecule has 0 bridgehead atoms.